The smallest absolute Gasteiger partial charge is 0.0346 e. The maximum atomic E-state index is 5.79. The van der Waals surface area contributed by atoms with E-state index in [0.29, 0.717) is 0 Å². The molecule has 0 saturated heterocycles. The van der Waals surface area contributed by atoms with E-state index in [4.69, 9.17) is 5.73 Å². The number of nitrogens with two attached hydrogens (primary N) is 1. The highest BCUT2D eigenvalue weighted by molar-refractivity contribution is 5.54. The molecule has 0 unspecified atom stereocenters. The molecule has 1 aromatic carbocycles. The summed E-state index contributed by atoms with van der Waals surface area (Å²) in [5, 5.41) is 0. The van der Waals surface area contributed by atoms with Gasteiger partial charge in [-0.25, -0.2) is 0 Å². The third-order valence-electron chi connectivity index (χ3n) is 2.61. The van der Waals surface area contributed by atoms with Crippen molar-refractivity contribution >= 4 is 5.69 Å². The summed E-state index contributed by atoms with van der Waals surface area (Å²) >= 11 is 0. The van der Waals surface area contributed by atoms with Crippen LogP contribution in [0.4, 0.5) is 5.69 Å². The lowest BCUT2D eigenvalue weighted by Crippen LogP contribution is -1.94. The van der Waals surface area contributed by atoms with Crippen molar-refractivity contribution in [1.29, 1.82) is 0 Å². The lowest BCUT2D eigenvalue weighted by atomic mass is 10.0. The Hall–Kier alpha value is -0.980. The summed E-state index contributed by atoms with van der Waals surface area (Å²) in [6.45, 7) is 2.12. The van der Waals surface area contributed by atoms with Crippen LogP contribution in [-0.2, 0) is 12.8 Å². The van der Waals surface area contributed by atoms with Crippen molar-refractivity contribution in [2.24, 2.45) is 0 Å². The zero-order valence-electron chi connectivity index (χ0n) is 6.85. The Bertz CT molecular complexity index is 289. The van der Waals surface area contributed by atoms with E-state index in [1.54, 1.807) is 0 Å². The average molecular weight is 147 g/mol. The van der Waals surface area contributed by atoms with Gasteiger partial charge in [-0.1, -0.05) is 6.07 Å². The molecule has 0 aromatic heterocycles. The molecule has 0 fully saturated rings. The first-order valence-corrected chi connectivity index (χ1v) is 4.16. The van der Waals surface area contributed by atoms with Crippen LogP contribution in [0.3, 0.4) is 0 Å². The Labute approximate surface area is 67.2 Å². The molecule has 58 valence electrons. The second-order valence-electron chi connectivity index (χ2n) is 3.27. The molecule has 11 heavy (non-hydrogen) atoms. The van der Waals surface area contributed by atoms with Crippen LogP contribution in [0.1, 0.15) is 23.1 Å². The van der Waals surface area contributed by atoms with Crippen LogP contribution >= 0.6 is 0 Å². The van der Waals surface area contributed by atoms with Gasteiger partial charge in [-0.3, -0.25) is 0 Å². The predicted octanol–water partition coefficient (Wildman–Crippen LogP) is 2.07. The molecule has 1 aromatic rings. The normalized spacial score (nSPS) is 15.0. The number of anilines is 1. The maximum absolute atomic E-state index is 5.79. The monoisotopic (exact) mass is 147 g/mol. The highest BCUT2D eigenvalue weighted by Gasteiger charge is 2.13. The molecule has 1 aliphatic rings. The van der Waals surface area contributed by atoms with Gasteiger partial charge in [0, 0.05) is 5.69 Å². The van der Waals surface area contributed by atoms with Crippen molar-refractivity contribution in [2.75, 3.05) is 5.73 Å². The molecule has 0 heterocycles. The Kier molecular flexibility index (Phi) is 1.38. The largest absolute Gasteiger partial charge is 0.399 e. The molecule has 0 atom stereocenters. The molecule has 2 N–H and O–H groups in total. The van der Waals surface area contributed by atoms with Crippen molar-refractivity contribution in [3.05, 3.63) is 28.8 Å². The second-order valence-corrected chi connectivity index (χ2v) is 3.27. The fourth-order valence-electron chi connectivity index (χ4n) is 1.87. The summed E-state index contributed by atoms with van der Waals surface area (Å²) in [6.07, 6.45) is 3.78. The molecular formula is C10H13N. The topological polar surface area (TPSA) is 26.0 Å². The molecular weight excluding hydrogens is 134 g/mol. The number of nitrogen functional groups attached to an aromatic ring is 1. The van der Waals surface area contributed by atoms with Crippen molar-refractivity contribution in [3.63, 3.8) is 0 Å². The zero-order valence-corrected chi connectivity index (χ0v) is 6.85. The Morgan fingerprint density at radius 3 is 2.91 bits per heavy atom. The number of hydrogen-bond acceptors (Lipinski definition) is 1. The van der Waals surface area contributed by atoms with Gasteiger partial charge in [0.15, 0.2) is 0 Å². The van der Waals surface area contributed by atoms with Crippen molar-refractivity contribution in [2.45, 2.75) is 26.2 Å². The van der Waals surface area contributed by atoms with Crippen LogP contribution in [0.5, 0.6) is 0 Å². The van der Waals surface area contributed by atoms with Crippen LogP contribution in [0.25, 0.3) is 0 Å². The first-order valence-electron chi connectivity index (χ1n) is 4.16. The summed E-state index contributed by atoms with van der Waals surface area (Å²) in [7, 11) is 0. The van der Waals surface area contributed by atoms with Gasteiger partial charge in [0.1, 0.15) is 0 Å². The van der Waals surface area contributed by atoms with Crippen molar-refractivity contribution in [3.8, 4) is 0 Å². The van der Waals surface area contributed by atoms with Gasteiger partial charge in [-0.15, -0.1) is 0 Å². The highest BCUT2D eigenvalue weighted by Crippen LogP contribution is 2.27. The molecule has 0 saturated carbocycles. The predicted molar refractivity (Wildman–Crippen MR) is 47.6 cm³/mol. The second kappa shape index (κ2) is 2.26. The molecule has 2 rings (SSSR count). The van der Waals surface area contributed by atoms with Gasteiger partial charge >= 0.3 is 0 Å². The van der Waals surface area contributed by atoms with E-state index in [1.807, 2.05) is 6.07 Å². The Morgan fingerprint density at radius 1 is 1.27 bits per heavy atom. The number of fused-ring (bicyclic) bond motifs is 1. The minimum Gasteiger partial charge on any atom is -0.399 e. The molecule has 1 heteroatoms. The molecule has 0 aliphatic heterocycles. The van der Waals surface area contributed by atoms with Crippen LogP contribution in [-0.4, -0.2) is 0 Å². The van der Waals surface area contributed by atoms with Gasteiger partial charge in [0.05, 0.1) is 0 Å². The third kappa shape index (κ3) is 0.917. The number of aryl methyl sites for hydroxylation is 1. The molecule has 1 nitrogen and oxygen atoms in total. The highest BCUT2D eigenvalue weighted by atomic mass is 14.6. The van der Waals surface area contributed by atoms with Crippen LogP contribution in [0.2, 0.25) is 0 Å². The SMILES string of the molecule is Cc1c(N)ccc2c1CCC2. The van der Waals surface area contributed by atoms with E-state index in [-0.39, 0.29) is 0 Å². The van der Waals surface area contributed by atoms with Crippen LogP contribution in [0.15, 0.2) is 12.1 Å². The summed E-state index contributed by atoms with van der Waals surface area (Å²) in [5.74, 6) is 0. The average Bonchev–Trinajstić information content (AvgIpc) is 2.45. The van der Waals surface area contributed by atoms with E-state index >= 15 is 0 Å². The minimum absolute atomic E-state index is 0.950. The molecule has 0 amide bonds. The molecule has 0 radical (unpaired) electrons. The number of rotatable bonds is 0. The quantitative estimate of drug-likeness (QED) is 0.558. The van der Waals surface area contributed by atoms with Gasteiger partial charge in [-0.05, 0) is 48.9 Å². The Morgan fingerprint density at radius 2 is 2.09 bits per heavy atom. The first kappa shape index (κ1) is 6.71. The fourth-order valence-corrected chi connectivity index (χ4v) is 1.87. The lowest BCUT2D eigenvalue weighted by molar-refractivity contribution is 0.909. The summed E-state index contributed by atoms with van der Waals surface area (Å²) < 4.78 is 0. The molecule has 1 aliphatic carbocycles. The van der Waals surface area contributed by atoms with E-state index in [0.717, 1.165) is 5.69 Å². The standard InChI is InChI=1S/C10H13N/c1-7-9-4-2-3-8(9)5-6-10(7)11/h5-6H,2-4,11H2,1H3. The maximum Gasteiger partial charge on any atom is 0.0346 e. The van der Waals surface area contributed by atoms with Crippen LogP contribution in [0, 0.1) is 6.92 Å². The molecule has 0 bridgehead atoms. The van der Waals surface area contributed by atoms with E-state index < -0.39 is 0 Å². The number of hydrogen-bond donors (Lipinski definition) is 1. The van der Waals surface area contributed by atoms with E-state index in [2.05, 4.69) is 13.0 Å². The Balaban J connectivity index is 2.62. The van der Waals surface area contributed by atoms with Crippen LogP contribution < -0.4 is 5.73 Å². The van der Waals surface area contributed by atoms with Gasteiger partial charge in [0.2, 0.25) is 0 Å². The summed E-state index contributed by atoms with van der Waals surface area (Å²) in [5.41, 5.74) is 11.1. The fraction of sp³-hybridized carbons (Fsp3) is 0.400. The first-order chi connectivity index (χ1) is 5.29. The summed E-state index contributed by atoms with van der Waals surface area (Å²) in [6, 6.07) is 4.20. The van der Waals surface area contributed by atoms with Gasteiger partial charge in [0.25, 0.3) is 0 Å². The van der Waals surface area contributed by atoms with E-state index in [9.17, 15) is 0 Å². The molecule has 0 spiro atoms. The minimum atomic E-state index is 0.950. The lowest BCUT2D eigenvalue weighted by Gasteiger charge is -2.05. The van der Waals surface area contributed by atoms with Gasteiger partial charge in [-0.2, -0.15) is 0 Å². The van der Waals surface area contributed by atoms with E-state index in [1.165, 1.54) is 36.0 Å². The van der Waals surface area contributed by atoms with Gasteiger partial charge < -0.3 is 5.73 Å². The summed E-state index contributed by atoms with van der Waals surface area (Å²) in [4.78, 5) is 0. The van der Waals surface area contributed by atoms with Crippen molar-refractivity contribution < 1.29 is 0 Å². The third-order valence-corrected chi connectivity index (χ3v) is 2.61. The zero-order chi connectivity index (χ0) is 7.84. The number of benzene rings is 1. The van der Waals surface area contributed by atoms with Crippen molar-refractivity contribution in [1.82, 2.24) is 0 Å².